The lowest BCUT2D eigenvalue weighted by molar-refractivity contribution is -0.140. The molecular formula is C24H24N4O4. The number of carbonyl (C=O) groups is 3. The molecule has 0 spiro atoms. The highest BCUT2D eigenvalue weighted by molar-refractivity contribution is 6.05. The number of amides is 3. The zero-order valence-corrected chi connectivity index (χ0v) is 17.8. The van der Waals surface area contributed by atoms with Gasteiger partial charge >= 0.3 is 0 Å². The summed E-state index contributed by atoms with van der Waals surface area (Å²) >= 11 is 0. The van der Waals surface area contributed by atoms with Crippen molar-refractivity contribution < 1.29 is 19.1 Å². The molecule has 1 aliphatic heterocycles. The summed E-state index contributed by atoms with van der Waals surface area (Å²) in [6.45, 7) is 1.93. The molecule has 1 aliphatic carbocycles. The van der Waals surface area contributed by atoms with E-state index in [0.29, 0.717) is 17.0 Å². The Morgan fingerprint density at radius 3 is 2.59 bits per heavy atom. The molecule has 3 amide bonds. The number of fused-ring (bicyclic) bond motifs is 1. The molecule has 32 heavy (non-hydrogen) atoms. The molecule has 1 saturated carbocycles. The van der Waals surface area contributed by atoms with Crippen molar-refractivity contribution in [1.82, 2.24) is 9.88 Å². The van der Waals surface area contributed by atoms with Crippen LogP contribution in [-0.2, 0) is 14.4 Å². The third-order valence-corrected chi connectivity index (χ3v) is 6.07. The van der Waals surface area contributed by atoms with Gasteiger partial charge < -0.3 is 10.1 Å². The largest absolute Gasteiger partial charge is 0.438 e. The molecule has 2 aromatic rings. The lowest BCUT2D eigenvalue weighted by Crippen LogP contribution is -2.34. The highest BCUT2D eigenvalue weighted by Gasteiger charge is 2.47. The quantitative estimate of drug-likeness (QED) is 0.699. The zero-order chi connectivity index (χ0) is 22.7. The van der Waals surface area contributed by atoms with Gasteiger partial charge in [-0.25, -0.2) is 4.98 Å². The number of pyridine rings is 1. The average molecular weight is 432 g/mol. The number of rotatable bonds is 6. The molecule has 2 unspecified atom stereocenters. The predicted molar refractivity (Wildman–Crippen MR) is 116 cm³/mol. The normalized spacial score (nSPS) is 19.9. The third-order valence-electron chi connectivity index (χ3n) is 6.07. The monoisotopic (exact) mass is 432 g/mol. The first-order valence-corrected chi connectivity index (χ1v) is 10.8. The second kappa shape index (κ2) is 9.18. The highest BCUT2D eigenvalue weighted by atomic mass is 16.5. The summed E-state index contributed by atoms with van der Waals surface area (Å²) < 4.78 is 5.70. The summed E-state index contributed by atoms with van der Waals surface area (Å²) in [4.78, 5) is 42.9. The molecule has 2 heterocycles. The number of benzene rings is 1. The van der Waals surface area contributed by atoms with E-state index in [-0.39, 0.29) is 48.4 Å². The predicted octanol–water partition coefficient (Wildman–Crippen LogP) is 3.56. The highest BCUT2D eigenvalue weighted by Crippen LogP contribution is 2.38. The van der Waals surface area contributed by atoms with Crippen LogP contribution in [0.25, 0.3) is 0 Å². The number of imide groups is 1. The number of carbonyl (C=O) groups excluding carboxylic acids is 3. The number of nitrogens with zero attached hydrogens (tertiary/aromatic N) is 3. The van der Waals surface area contributed by atoms with Crippen LogP contribution in [0.4, 0.5) is 5.69 Å². The van der Waals surface area contributed by atoms with Crippen molar-refractivity contribution in [1.29, 1.82) is 5.26 Å². The second-order valence-corrected chi connectivity index (χ2v) is 8.17. The van der Waals surface area contributed by atoms with Crippen LogP contribution >= 0.6 is 0 Å². The Labute approximate surface area is 186 Å². The first-order valence-electron chi connectivity index (χ1n) is 10.8. The Hall–Kier alpha value is -3.73. The van der Waals surface area contributed by atoms with Crippen LogP contribution in [-0.4, -0.2) is 34.2 Å². The Morgan fingerprint density at radius 1 is 1.22 bits per heavy atom. The number of anilines is 1. The Morgan fingerprint density at radius 2 is 1.94 bits per heavy atom. The van der Waals surface area contributed by atoms with Gasteiger partial charge in [0, 0.05) is 24.8 Å². The molecule has 164 valence electrons. The van der Waals surface area contributed by atoms with Gasteiger partial charge in [0.2, 0.25) is 23.6 Å². The van der Waals surface area contributed by atoms with E-state index in [1.807, 2.05) is 13.0 Å². The fourth-order valence-corrected chi connectivity index (χ4v) is 4.39. The van der Waals surface area contributed by atoms with Crippen molar-refractivity contribution in [2.75, 3.05) is 11.9 Å². The van der Waals surface area contributed by atoms with Crippen LogP contribution in [0.15, 0.2) is 36.5 Å². The molecule has 8 heteroatoms. The van der Waals surface area contributed by atoms with Crippen LogP contribution in [0.5, 0.6) is 11.6 Å². The molecule has 1 saturated heterocycles. The van der Waals surface area contributed by atoms with E-state index >= 15 is 0 Å². The SMILES string of the molecule is Cc1cc(Oc2ncccc2C#N)ccc1NC(=O)CCN1C(=O)C2CCCCC2C1=O. The molecule has 1 N–H and O–H groups in total. The minimum absolute atomic E-state index is 0.0497. The van der Waals surface area contributed by atoms with Crippen LogP contribution in [0.2, 0.25) is 0 Å². The van der Waals surface area contributed by atoms with E-state index in [2.05, 4.69) is 10.3 Å². The molecule has 2 atom stereocenters. The summed E-state index contributed by atoms with van der Waals surface area (Å²) in [6, 6.07) is 10.4. The average Bonchev–Trinajstić information content (AvgIpc) is 3.04. The van der Waals surface area contributed by atoms with E-state index in [9.17, 15) is 14.4 Å². The lowest BCUT2D eigenvalue weighted by atomic mass is 9.81. The van der Waals surface area contributed by atoms with Crippen molar-refractivity contribution in [2.45, 2.75) is 39.0 Å². The molecule has 1 aromatic carbocycles. The minimum Gasteiger partial charge on any atom is -0.438 e. The van der Waals surface area contributed by atoms with Crippen LogP contribution in [0.3, 0.4) is 0 Å². The number of ether oxygens (including phenoxy) is 1. The summed E-state index contributed by atoms with van der Waals surface area (Å²) in [5, 5.41) is 12.0. The van der Waals surface area contributed by atoms with E-state index < -0.39 is 0 Å². The fraction of sp³-hybridized carbons (Fsp3) is 0.375. The molecule has 2 fully saturated rings. The van der Waals surface area contributed by atoms with Gasteiger partial charge in [-0.15, -0.1) is 0 Å². The molecule has 1 aromatic heterocycles. The van der Waals surface area contributed by atoms with Crippen molar-refractivity contribution in [3.05, 3.63) is 47.7 Å². The third kappa shape index (κ3) is 4.33. The maximum atomic E-state index is 12.5. The van der Waals surface area contributed by atoms with Crippen molar-refractivity contribution in [3.63, 3.8) is 0 Å². The number of nitrogens with one attached hydrogen (secondary N) is 1. The first-order chi connectivity index (χ1) is 15.5. The summed E-state index contributed by atoms with van der Waals surface area (Å²) in [7, 11) is 0. The van der Waals surface area contributed by atoms with Gasteiger partial charge in [0.1, 0.15) is 17.4 Å². The van der Waals surface area contributed by atoms with Crippen molar-refractivity contribution in [3.8, 4) is 17.7 Å². The van der Waals surface area contributed by atoms with Crippen LogP contribution in [0, 0.1) is 30.1 Å². The van der Waals surface area contributed by atoms with E-state index in [4.69, 9.17) is 10.00 Å². The van der Waals surface area contributed by atoms with Crippen LogP contribution in [0.1, 0.15) is 43.2 Å². The molecular weight excluding hydrogens is 408 g/mol. The standard InChI is InChI=1S/C24H24N4O4/c1-15-13-17(32-22-16(14-25)5-4-11-26-22)8-9-20(15)27-21(29)10-12-28-23(30)18-6-2-3-7-19(18)24(28)31/h4-5,8-9,11,13,18-19H,2-3,6-7,10,12H2,1H3,(H,27,29). The lowest BCUT2D eigenvalue weighted by Gasteiger charge is -2.19. The Bertz CT molecular complexity index is 1080. The van der Waals surface area contributed by atoms with Gasteiger partial charge in [-0.05, 0) is 55.7 Å². The van der Waals surface area contributed by atoms with Crippen LogP contribution < -0.4 is 10.1 Å². The van der Waals surface area contributed by atoms with E-state index in [1.165, 1.54) is 4.90 Å². The number of hydrogen-bond acceptors (Lipinski definition) is 6. The molecule has 0 radical (unpaired) electrons. The number of aromatic nitrogens is 1. The Balaban J connectivity index is 1.35. The smallest absolute Gasteiger partial charge is 0.237 e. The van der Waals surface area contributed by atoms with Gasteiger partial charge in [0.05, 0.1) is 11.8 Å². The Kier molecular flexibility index (Phi) is 6.17. The van der Waals surface area contributed by atoms with E-state index in [0.717, 1.165) is 31.2 Å². The van der Waals surface area contributed by atoms with Gasteiger partial charge in [-0.2, -0.15) is 5.26 Å². The first kappa shape index (κ1) is 21.5. The topological polar surface area (TPSA) is 112 Å². The molecule has 4 rings (SSSR count). The van der Waals surface area contributed by atoms with Gasteiger partial charge in [-0.1, -0.05) is 12.8 Å². The maximum absolute atomic E-state index is 12.5. The summed E-state index contributed by atoms with van der Waals surface area (Å²) in [5.74, 6) is -0.218. The minimum atomic E-state index is -0.270. The maximum Gasteiger partial charge on any atom is 0.237 e. The number of likely N-dealkylation sites (tertiary alicyclic amines) is 1. The molecule has 8 nitrogen and oxygen atoms in total. The number of aryl methyl sites for hydroxylation is 1. The zero-order valence-electron chi connectivity index (χ0n) is 17.8. The second-order valence-electron chi connectivity index (χ2n) is 8.17. The van der Waals surface area contributed by atoms with Gasteiger partial charge in [0.25, 0.3) is 0 Å². The number of nitriles is 1. The van der Waals surface area contributed by atoms with Gasteiger partial charge in [0.15, 0.2) is 0 Å². The summed E-state index contributed by atoms with van der Waals surface area (Å²) in [5.41, 5.74) is 1.70. The van der Waals surface area contributed by atoms with E-state index in [1.54, 1.807) is 36.5 Å². The molecule has 0 bridgehead atoms. The van der Waals surface area contributed by atoms with Crippen molar-refractivity contribution >= 4 is 23.4 Å². The van der Waals surface area contributed by atoms with Crippen molar-refractivity contribution in [2.24, 2.45) is 11.8 Å². The molecule has 2 aliphatic rings. The summed E-state index contributed by atoms with van der Waals surface area (Å²) in [6.07, 6.45) is 5.08. The number of hydrogen-bond donors (Lipinski definition) is 1. The fourth-order valence-electron chi connectivity index (χ4n) is 4.39. The van der Waals surface area contributed by atoms with Gasteiger partial charge in [-0.3, -0.25) is 19.3 Å².